The molecule has 0 bridgehead atoms. The van der Waals surface area contributed by atoms with E-state index in [0.717, 1.165) is 12.8 Å². The van der Waals surface area contributed by atoms with Crippen LogP contribution >= 0.6 is 27.3 Å². The van der Waals surface area contributed by atoms with Gasteiger partial charge in [0.1, 0.15) is 0 Å². The smallest absolute Gasteiger partial charge is 0.0592 e. The van der Waals surface area contributed by atoms with E-state index in [1.807, 2.05) is 0 Å². The number of aliphatic hydroxyl groups is 1. The molecule has 0 amide bonds. The number of aliphatic hydroxyl groups excluding tert-OH is 1. The zero-order valence-electron chi connectivity index (χ0n) is 8.88. The predicted octanol–water partition coefficient (Wildman–Crippen LogP) is 3.85. The van der Waals surface area contributed by atoms with E-state index in [2.05, 4.69) is 48.1 Å². The first-order valence-electron chi connectivity index (χ1n) is 4.81. The highest BCUT2D eigenvalue weighted by Gasteiger charge is 2.21. The van der Waals surface area contributed by atoms with Gasteiger partial charge in [0.25, 0.3) is 0 Å². The Balaban J connectivity index is 2.46. The Hall–Kier alpha value is 0.140. The molecule has 0 saturated carbocycles. The van der Waals surface area contributed by atoms with Crippen LogP contribution in [-0.4, -0.2) is 11.2 Å². The zero-order valence-corrected chi connectivity index (χ0v) is 11.3. The second kappa shape index (κ2) is 4.77. The molecule has 1 atom stereocenters. The van der Waals surface area contributed by atoms with Crippen LogP contribution in [0.1, 0.15) is 32.1 Å². The van der Waals surface area contributed by atoms with Gasteiger partial charge in [0.15, 0.2) is 0 Å². The van der Waals surface area contributed by atoms with Crippen LogP contribution in [0.3, 0.4) is 0 Å². The van der Waals surface area contributed by atoms with Crippen molar-refractivity contribution in [1.82, 2.24) is 0 Å². The molecule has 14 heavy (non-hydrogen) atoms. The summed E-state index contributed by atoms with van der Waals surface area (Å²) in [4.78, 5) is 1.33. The van der Waals surface area contributed by atoms with Gasteiger partial charge in [-0.25, -0.2) is 0 Å². The predicted molar refractivity (Wildman–Crippen MR) is 65.8 cm³/mol. The Labute approximate surface area is 98.3 Å². The molecule has 1 nitrogen and oxygen atoms in total. The van der Waals surface area contributed by atoms with Gasteiger partial charge in [0.2, 0.25) is 0 Å². The van der Waals surface area contributed by atoms with Crippen LogP contribution < -0.4 is 0 Å². The van der Waals surface area contributed by atoms with Crippen LogP contribution in [0.4, 0.5) is 0 Å². The summed E-state index contributed by atoms with van der Waals surface area (Å²) in [5.41, 5.74) is -0.0102. The fourth-order valence-electron chi connectivity index (χ4n) is 1.20. The monoisotopic (exact) mass is 276 g/mol. The SMILES string of the molecule is CC(C)(C)C(O)CCc1sccc1Br. The van der Waals surface area contributed by atoms with Gasteiger partial charge in [0, 0.05) is 9.35 Å². The summed E-state index contributed by atoms with van der Waals surface area (Å²) >= 11 is 5.24. The Morgan fingerprint density at radius 2 is 2.14 bits per heavy atom. The number of hydrogen-bond donors (Lipinski definition) is 1. The van der Waals surface area contributed by atoms with Gasteiger partial charge in [-0.3, -0.25) is 0 Å². The van der Waals surface area contributed by atoms with Gasteiger partial charge < -0.3 is 5.11 Å². The molecule has 0 saturated heterocycles. The Kier molecular flexibility index (Phi) is 4.16. The zero-order chi connectivity index (χ0) is 10.8. The largest absolute Gasteiger partial charge is 0.393 e. The third-order valence-corrected chi connectivity index (χ3v) is 4.32. The average Bonchev–Trinajstić information content (AvgIpc) is 2.45. The summed E-state index contributed by atoms with van der Waals surface area (Å²) in [5, 5.41) is 11.9. The minimum absolute atomic E-state index is 0.0102. The van der Waals surface area contributed by atoms with Crippen LogP contribution in [0.25, 0.3) is 0 Å². The molecule has 3 heteroatoms. The fourth-order valence-corrected chi connectivity index (χ4v) is 2.77. The summed E-state index contributed by atoms with van der Waals surface area (Å²) in [5.74, 6) is 0. The number of halogens is 1. The average molecular weight is 277 g/mol. The lowest BCUT2D eigenvalue weighted by Gasteiger charge is -2.25. The minimum atomic E-state index is -0.225. The fraction of sp³-hybridized carbons (Fsp3) is 0.636. The Morgan fingerprint density at radius 3 is 2.57 bits per heavy atom. The van der Waals surface area contributed by atoms with E-state index in [-0.39, 0.29) is 11.5 Å². The minimum Gasteiger partial charge on any atom is -0.393 e. The van der Waals surface area contributed by atoms with E-state index in [4.69, 9.17) is 0 Å². The molecular weight excluding hydrogens is 260 g/mol. The van der Waals surface area contributed by atoms with Crippen LogP contribution in [0, 0.1) is 5.41 Å². The van der Waals surface area contributed by atoms with Gasteiger partial charge in [-0.15, -0.1) is 11.3 Å². The Bertz CT molecular complexity index is 288. The van der Waals surface area contributed by atoms with E-state index >= 15 is 0 Å². The molecule has 80 valence electrons. The van der Waals surface area contributed by atoms with Crippen LogP contribution in [0.5, 0.6) is 0 Å². The van der Waals surface area contributed by atoms with Crippen LogP contribution in [0.2, 0.25) is 0 Å². The van der Waals surface area contributed by atoms with Gasteiger partial charge in [-0.2, -0.15) is 0 Å². The topological polar surface area (TPSA) is 20.2 Å². The molecule has 1 rings (SSSR count). The third kappa shape index (κ3) is 3.37. The molecule has 0 aliphatic carbocycles. The van der Waals surface area contributed by atoms with Crippen molar-refractivity contribution in [1.29, 1.82) is 0 Å². The highest BCUT2D eigenvalue weighted by Crippen LogP contribution is 2.27. The van der Waals surface area contributed by atoms with E-state index in [9.17, 15) is 5.11 Å². The van der Waals surface area contributed by atoms with Crippen LogP contribution in [0.15, 0.2) is 15.9 Å². The molecule has 1 heterocycles. The molecule has 0 fully saturated rings. The molecule has 1 aromatic heterocycles. The van der Waals surface area contributed by atoms with E-state index in [1.165, 1.54) is 9.35 Å². The van der Waals surface area contributed by atoms with Gasteiger partial charge >= 0.3 is 0 Å². The van der Waals surface area contributed by atoms with Crippen molar-refractivity contribution in [3.63, 3.8) is 0 Å². The molecule has 1 aromatic rings. The highest BCUT2D eigenvalue weighted by atomic mass is 79.9. The van der Waals surface area contributed by atoms with Crippen molar-refractivity contribution in [3.8, 4) is 0 Å². The molecule has 0 aromatic carbocycles. The number of rotatable bonds is 3. The van der Waals surface area contributed by atoms with E-state index < -0.39 is 0 Å². The molecule has 0 radical (unpaired) electrons. The first-order valence-corrected chi connectivity index (χ1v) is 6.48. The number of thiophene rings is 1. The lowest BCUT2D eigenvalue weighted by molar-refractivity contribution is 0.0561. The second-order valence-electron chi connectivity index (χ2n) is 4.61. The second-order valence-corrected chi connectivity index (χ2v) is 6.47. The number of hydrogen-bond acceptors (Lipinski definition) is 2. The molecule has 1 unspecified atom stereocenters. The van der Waals surface area contributed by atoms with E-state index in [0.29, 0.717) is 0 Å². The standard InChI is InChI=1S/C11H17BrOS/c1-11(2,3)10(13)5-4-9-8(12)6-7-14-9/h6-7,10,13H,4-5H2,1-3H3. The lowest BCUT2D eigenvalue weighted by atomic mass is 9.86. The summed E-state index contributed by atoms with van der Waals surface area (Å²) < 4.78 is 1.17. The van der Waals surface area contributed by atoms with Crippen molar-refractivity contribution in [2.75, 3.05) is 0 Å². The lowest BCUT2D eigenvalue weighted by Crippen LogP contribution is -2.26. The third-order valence-electron chi connectivity index (χ3n) is 2.34. The van der Waals surface area contributed by atoms with Crippen molar-refractivity contribution in [2.45, 2.75) is 39.7 Å². The normalized spacial score (nSPS) is 14.4. The summed E-state index contributed by atoms with van der Waals surface area (Å²) in [6.07, 6.45) is 1.57. The van der Waals surface area contributed by atoms with Gasteiger partial charge in [-0.1, -0.05) is 20.8 Å². The molecule has 0 spiro atoms. The maximum Gasteiger partial charge on any atom is 0.0592 e. The Morgan fingerprint density at radius 1 is 1.50 bits per heavy atom. The van der Waals surface area contributed by atoms with Crippen molar-refractivity contribution < 1.29 is 5.11 Å². The summed E-state index contributed by atoms with van der Waals surface area (Å²) in [6.45, 7) is 6.21. The first-order chi connectivity index (χ1) is 6.41. The molecule has 1 N–H and O–H groups in total. The van der Waals surface area contributed by atoms with Crippen LogP contribution in [-0.2, 0) is 6.42 Å². The van der Waals surface area contributed by atoms with Gasteiger partial charge in [0.05, 0.1) is 6.10 Å². The molecule has 0 aliphatic heterocycles. The summed E-state index contributed by atoms with van der Waals surface area (Å²) in [6, 6.07) is 2.06. The number of aryl methyl sites for hydroxylation is 1. The highest BCUT2D eigenvalue weighted by molar-refractivity contribution is 9.10. The van der Waals surface area contributed by atoms with Crippen molar-refractivity contribution >= 4 is 27.3 Å². The molecule has 0 aliphatic rings. The van der Waals surface area contributed by atoms with Crippen molar-refractivity contribution in [3.05, 3.63) is 20.8 Å². The quantitative estimate of drug-likeness (QED) is 0.889. The van der Waals surface area contributed by atoms with Crippen molar-refractivity contribution in [2.24, 2.45) is 5.41 Å². The maximum absolute atomic E-state index is 9.86. The molecular formula is C11H17BrOS. The van der Waals surface area contributed by atoms with Gasteiger partial charge in [-0.05, 0) is 45.6 Å². The van der Waals surface area contributed by atoms with E-state index in [1.54, 1.807) is 11.3 Å². The summed E-state index contributed by atoms with van der Waals surface area (Å²) in [7, 11) is 0. The maximum atomic E-state index is 9.86. The first kappa shape index (κ1) is 12.2.